The molecule has 0 bridgehead atoms. The van der Waals surface area contributed by atoms with E-state index in [2.05, 4.69) is 19.2 Å². The Morgan fingerprint density at radius 2 is 2.21 bits per heavy atom. The molecule has 104 valence electrons. The van der Waals surface area contributed by atoms with Crippen molar-refractivity contribution in [3.05, 3.63) is 23.8 Å². The molecule has 0 aliphatic heterocycles. The van der Waals surface area contributed by atoms with E-state index in [-0.39, 0.29) is 23.1 Å². The minimum atomic E-state index is -0.977. The molecule has 1 aliphatic rings. The number of rotatable bonds is 4. The first-order chi connectivity index (χ1) is 8.87. The highest BCUT2D eigenvalue weighted by Crippen LogP contribution is 2.44. The van der Waals surface area contributed by atoms with Crippen LogP contribution in [-0.4, -0.2) is 30.3 Å². The van der Waals surface area contributed by atoms with Gasteiger partial charge in [-0.25, -0.2) is 4.79 Å². The number of methoxy groups -OCH3 is 1. The minimum Gasteiger partial charge on any atom is -0.478 e. The maximum absolute atomic E-state index is 11.2. The number of nitrogen functional groups attached to an aromatic ring is 1. The smallest absolute Gasteiger partial charge is 0.337 e. The van der Waals surface area contributed by atoms with Gasteiger partial charge in [-0.1, -0.05) is 19.9 Å². The lowest BCUT2D eigenvalue weighted by Crippen LogP contribution is -2.57. The van der Waals surface area contributed by atoms with E-state index in [0.29, 0.717) is 11.4 Å². The summed E-state index contributed by atoms with van der Waals surface area (Å²) < 4.78 is 5.39. The van der Waals surface area contributed by atoms with Gasteiger partial charge in [0.05, 0.1) is 23.0 Å². The summed E-state index contributed by atoms with van der Waals surface area (Å²) in [4.78, 5) is 11.2. The number of nitrogens with one attached hydrogen (secondary N) is 1. The first-order valence-corrected chi connectivity index (χ1v) is 6.29. The summed E-state index contributed by atoms with van der Waals surface area (Å²) in [5.41, 5.74) is 7.00. The summed E-state index contributed by atoms with van der Waals surface area (Å²) in [6.45, 7) is 4.20. The second-order valence-corrected chi connectivity index (χ2v) is 5.55. The van der Waals surface area contributed by atoms with Gasteiger partial charge in [0.1, 0.15) is 0 Å². The van der Waals surface area contributed by atoms with E-state index in [0.717, 1.165) is 6.42 Å². The van der Waals surface area contributed by atoms with Crippen LogP contribution in [-0.2, 0) is 4.74 Å². The lowest BCUT2D eigenvalue weighted by Gasteiger charge is -2.51. The predicted octanol–water partition coefficient (Wildman–Crippen LogP) is 2.19. The quantitative estimate of drug-likeness (QED) is 0.726. The van der Waals surface area contributed by atoms with Gasteiger partial charge in [0.25, 0.3) is 0 Å². The molecule has 5 heteroatoms. The summed E-state index contributed by atoms with van der Waals surface area (Å²) in [7, 11) is 1.70. The summed E-state index contributed by atoms with van der Waals surface area (Å²) in [5, 5.41) is 12.5. The Kier molecular flexibility index (Phi) is 3.41. The third-order valence-corrected chi connectivity index (χ3v) is 4.11. The van der Waals surface area contributed by atoms with Crippen LogP contribution in [0.3, 0.4) is 0 Å². The first kappa shape index (κ1) is 13.7. The van der Waals surface area contributed by atoms with E-state index in [1.807, 2.05) is 0 Å². The number of nitrogens with two attached hydrogens (primary N) is 1. The minimum absolute atomic E-state index is 0.0488. The van der Waals surface area contributed by atoms with Gasteiger partial charge in [0.2, 0.25) is 0 Å². The van der Waals surface area contributed by atoms with Gasteiger partial charge >= 0.3 is 5.97 Å². The number of hydrogen-bond donors (Lipinski definition) is 3. The van der Waals surface area contributed by atoms with E-state index in [4.69, 9.17) is 10.5 Å². The summed E-state index contributed by atoms with van der Waals surface area (Å²) in [6, 6.07) is 5.06. The second kappa shape index (κ2) is 4.74. The van der Waals surface area contributed by atoms with Crippen molar-refractivity contribution in [1.82, 2.24) is 0 Å². The van der Waals surface area contributed by atoms with Crippen molar-refractivity contribution in [2.75, 3.05) is 18.2 Å². The number of para-hydroxylation sites is 1. The Balaban J connectivity index is 2.24. The molecular formula is C14H20N2O3. The first-order valence-electron chi connectivity index (χ1n) is 6.29. The average Bonchev–Trinajstić information content (AvgIpc) is 2.34. The van der Waals surface area contributed by atoms with E-state index in [9.17, 15) is 9.90 Å². The Morgan fingerprint density at radius 3 is 2.74 bits per heavy atom. The number of anilines is 2. The van der Waals surface area contributed by atoms with Crippen molar-refractivity contribution >= 4 is 17.3 Å². The zero-order valence-corrected chi connectivity index (χ0v) is 11.4. The molecule has 1 saturated carbocycles. The number of aromatic carboxylic acids is 1. The van der Waals surface area contributed by atoms with Crippen LogP contribution in [0.2, 0.25) is 0 Å². The highest BCUT2D eigenvalue weighted by Gasteiger charge is 2.48. The van der Waals surface area contributed by atoms with Crippen LogP contribution in [0.15, 0.2) is 18.2 Å². The lowest BCUT2D eigenvalue weighted by atomic mass is 9.64. The molecule has 0 radical (unpaired) electrons. The van der Waals surface area contributed by atoms with Gasteiger partial charge in [-0.3, -0.25) is 0 Å². The Morgan fingerprint density at radius 1 is 1.53 bits per heavy atom. The average molecular weight is 264 g/mol. The van der Waals surface area contributed by atoms with Crippen molar-refractivity contribution in [2.24, 2.45) is 5.41 Å². The molecule has 1 aromatic rings. The van der Waals surface area contributed by atoms with Gasteiger partial charge in [0.15, 0.2) is 0 Å². The van der Waals surface area contributed by atoms with Crippen LogP contribution in [0.4, 0.5) is 11.4 Å². The molecule has 1 aliphatic carbocycles. The summed E-state index contributed by atoms with van der Waals surface area (Å²) in [6.07, 6.45) is 1.03. The standard InChI is InChI=1S/C14H20N2O3/c1-14(2)10(7-11(14)19-3)16-12-8(13(17)18)5-4-6-9(12)15/h4-6,10-11,16H,7,15H2,1-3H3,(H,17,18). The van der Waals surface area contributed by atoms with Crippen LogP contribution in [0.5, 0.6) is 0 Å². The third-order valence-electron chi connectivity index (χ3n) is 4.11. The molecular weight excluding hydrogens is 244 g/mol. The largest absolute Gasteiger partial charge is 0.478 e. The fourth-order valence-corrected chi connectivity index (χ4v) is 2.61. The topological polar surface area (TPSA) is 84.6 Å². The zero-order valence-electron chi connectivity index (χ0n) is 11.4. The molecule has 0 heterocycles. The van der Waals surface area contributed by atoms with Crippen LogP contribution in [0.1, 0.15) is 30.6 Å². The molecule has 0 aromatic heterocycles. The van der Waals surface area contributed by atoms with Gasteiger partial charge in [0, 0.05) is 18.6 Å². The zero-order chi connectivity index (χ0) is 14.2. The SMILES string of the molecule is COC1CC(Nc2c(N)cccc2C(=O)O)C1(C)C. The van der Waals surface area contributed by atoms with E-state index >= 15 is 0 Å². The lowest BCUT2D eigenvalue weighted by molar-refractivity contribution is -0.0794. The van der Waals surface area contributed by atoms with E-state index in [1.165, 1.54) is 0 Å². The Labute approximate surface area is 112 Å². The monoisotopic (exact) mass is 264 g/mol. The van der Waals surface area contributed by atoms with Gasteiger partial charge < -0.3 is 20.9 Å². The highest BCUT2D eigenvalue weighted by molar-refractivity contribution is 5.97. The van der Waals surface area contributed by atoms with Crippen molar-refractivity contribution in [3.63, 3.8) is 0 Å². The second-order valence-electron chi connectivity index (χ2n) is 5.55. The molecule has 5 nitrogen and oxygen atoms in total. The Bertz CT molecular complexity index is 499. The van der Waals surface area contributed by atoms with E-state index in [1.54, 1.807) is 25.3 Å². The van der Waals surface area contributed by atoms with Crippen LogP contribution in [0, 0.1) is 5.41 Å². The van der Waals surface area contributed by atoms with Gasteiger partial charge in [-0.15, -0.1) is 0 Å². The normalized spacial score (nSPS) is 24.6. The number of ether oxygens (including phenoxy) is 1. The molecule has 4 N–H and O–H groups in total. The van der Waals surface area contributed by atoms with Crippen molar-refractivity contribution < 1.29 is 14.6 Å². The number of hydrogen-bond acceptors (Lipinski definition) is 4. The van der Waals surface area contributed by atoms with Gasteiger partial charge in [-0.2, -0.15) is 0 Å². The molecule has 0 amide bonds. The molecule has 1 aromatic carbocycles. The predicted molar refractivity (Wildman–Crippen MR) is 74.4 cm³/mol. The van der Waals surface area contributed by atoms with Crippen molar-refractivity contribution in [1.29, 1.82) is 0 Å². The molecule has 0 spiro atoms. The highest BCUT2D eigenvalue weighted by atomic mass is 16.5. The maximum atomic E-state index is 11.2. The molecule has 2 rings (SSSR count). The van der Waals surface area contributed by atoms with Crippen LogP contribution < -0.4 is 11.1 Å². The van der Waals surface area contributed by atoms with Crippen molar-refractivity contribution in [2.45, 2.75) is 32.4 Å². The molecule has 2 unspecified atom stereocenters. The molecule has 1 fully saturated rings. The van der Waals surface area contributed by atoms with Crippen LogP contribution >= 0.6 is 0 Å². The molecule has 19 heavy (non-hydrogen) atoms. The molecule has 0 saturated heterocycles. The number of carboxylic acids is 1. The number of benzene rings is 1. The van der Waals surface area contributed by atoms with Gasteiger partial charge in [-0.05, 0) is 18.6 Å². The Hall–Kier alpha value is -1.75. The van der Waals surface area contributed by atoms with Crippen molar-refractivity contribution in [3.8, 4) is 0 Å². The number of carboxylic acid groups (broad SMARTS) is 1. The molecule has 2 atom stereocenters. The fourth-order valence-electron chi connectivity index (χ4n) is 2.61. The number of carbonyl (C=O) groups is 1. The van der Waals surface area contributed by atoms with Crippen LogP contribution in [0.25, 0.3) is 0 Å². The van der Waals surface area contributed by atoms with E-state index < -0.39 is 5.97 Å². The third kappa shape index (κ3) is 2.26. The maximum Gasteiger partial charge on any atom is 0.337 e. The fraction of sp³-hybridized carbons (Fsp3) is 0.500. The summed E-state index contributed by atoms with van der Waals surface area (Å²) in [5.74, 6) is -0.977. The summed E-state index contributed by atoms with van der Waals surface area (Å²) >= 11 is 0.